The molecule has 1 unspecified atom stereocenters. The lowest BCUT2D eigenvalue weighted by Crippen LogP contribution is -2.32. The Labute approximate surface area is 66.7 Å². The van der Waals surface area contributed by atoms with E-state index in [4.69, 9.17) is 10.5 Å². The average Bonchev–Trinajstić information content (AvgIpc) is 1.90. The van der Waals surface area contributed by atoms with Crippen LogP contribution in [0.25, 0.3) is 0 Å². The molecular weight excluding hydrogens is 138 g/mol. The first kappa shape index (κ1) is 6.92. The smallest absolute Gasteiger partial charge is 0.169 e. The SMILES string of the molecule is NC1OC=CC=C1C1CCC1. The minimum Gasteiger partial charge on any atom is -0.479 e. The highest BCUT2D eigenvalue weighted by Crippen LogP contribution is 2.35. The lowest BCUT2D eigenvalue weighted by molar-refractivity contribution is 0.154. The van der Waals surface area contributed by atoms with Gasteiger partial charge in [-0.3, -0.25) is 5.73 Å². The minimum absolute atomic E-state index is 0.176. The summed E-state index contributed by atoms with van der Waals surface area (Å²) < 4.78 is 5.18. The Balaban J connectivity index is 2.08. The summed E-state index contributed by atoms with van der Waals surface area (Å²) in [5.41, 5.74) is 7.02. The standard InChI is InChI=1S/C9H13NO/c10-9-8(5-2-6-11-9)7-3-1-4-7/h2,5-7,9H,1,3-4,10H2. The van der Waals surface area contributed by atoms with Crippen LogP contribution >= 0.6 is 0 Å². The molecule has 2 N–H and O–H groups in total. The van der Waals surface area contributed by atoms with Crippen LogP contribution in [0, 0.1) is 5.92 Å². The molecular formula is C9H13NO. The van der Waals surface area contributed by atoms with Gasteiger partial charge >= 0.3 is 0 Å². The van der Waals surface area contributed by atoms with E-state index in [1.807, 2.05) is 6.08 Å². The van der Waals surface area contributed by atoms with Gasteiger partial charge in [-0.1, -0.05) is 12.5 Å². The summed E-state index contributed by atoms with van der Waals surface area (Å²) in [6.45, 7) is 0. The van der Waals surface area contributed by atoms with E-state index in [1.165, 1.54) is 24.8 Å². The molecule has 2 nitrogen and oxygen atoms in total. The van der Waals surface area contributed by atoms with E-state index in [0.717, 1.165) is 0 Å². The summed E-state index contributed by atoms with van der Waals surface area (Å²) in [6.07, 6.45) is 9.43. The highest BCUT2D eigenvalue weighted by Gasteiger charge is 2.26. The number of allylic oxidation sites excluding steroid dienone is 2. The summed E-state index contributed by atoms with van der Waals surface area (Å²) in [5.74, 6) is 0.704. The van der Waals surface area contributed by atoms with Crippen molar-refractivity contribution in [2.45, 2.75) is 25.5 Å². The topological polar surface area (TPSA) is 35.2 Å². The quantitative estimate of drug-likeness (QED) is 0.617. The van der Waals surface area contributed by atoms with Gasteiger partial charge in [0, 0.05) is 0 Å². The Morgan fingerprint density at radius 1 is 1.45 bits per heavy atom. The van der Waals surface area contributed by atoms with Crippen LogP contribution in [0.2, 0.25) is 0 Å². The molecule has 11 heavy (non-hydrogen) atoms. The van der Waals surface area contributed by atoms with Gasteiger partial charge in [0.05, 0.1) is 6.26 Å². The Morgan fingerprint density at radius 2 is 2.27 bits per heavy atom. The van der Waals surface area contributed by atoms with Gasteiger partial charge in [0.25, 0.3) is 0 Å². The number of nitrogens with two attached hydrogens (primary N) is 1. The minimum atomic E-state index is -0.176. The van der Waals surface area contributed by atoms with E-state index < -0.39 is 0 Å². The first-order chi connectivity index (χ1) is 5.38. The van der Waals surface area contributed by atoms with Crippen molar-refractivity contribution in [2.75, 3.05) is 0 Å². The molecule has 1 heterocycles. The zero-order valence-electron chi connectivity index (χ0n) is 6.49. The maximum absolute atomic E-state index is 5.75. The van der Waals surface area contributed by atoms with E-state index in [2.05, 4.69) is 6.08 Å². The molecule has 1 atom stereocenters. The lowest BCUT2D eigenvalue weighted by Gasteiger charge is -2.32. The fourth-order valence-corrected chi connectivity index (χ4v) is 1.56. The Bertz CT molecular complexity index is 204. The largest absolute Gasteiger partial charge is 0.479 e. The third-order valence-electron chi connectivity index (χ3n) is 2.50. The summed E-state index contributed by atoms with van der Waals surface area (Å²) in [4.78, 5) is 0. The van der Waals surface area contributed by atoms with Crippen LogP contribution in [0.15, 0.2) is 24.0 Å². The lowest BCUT2D eigenvalue weighted by atomic mass is 9.78. The van der Waals surface area contributed by atoms with Crippen molar-refractivity contribution < 1.29 is 4.74 Å². The molecule has 1 aliphatic heterocycles. The fraction of sp³-hybridized carbons (Fsp3) is 0.556. The normalized spacial score (nSPS) is 30.6. The fourth-order valence-electron chi connectivity index (χ4n) is 1.56. The van der Waals surface area contributed by atoms with E-state index in [9.17, 15) is 0 Å². The van der Waals surface area contributed by atoms with Gasteiger partial charge < -0.3 is 4.74 Å². The van der Waals surface area contributed by atoms with E-state index in [0.29, 0.717) is 5.92 Å². The number of hydrogen-bond acceptors (Lipinski definition) is 2. The Kier molecular flexibility index (Phi) is 1.70. The molecule has 2 rings (SSSR count). The molecule has 0 amide bonds. The second-order valence-electron chi connectivity index (χ2n) is 3.18. The second-order valence-corrected chi connectivity index (χ2v) is 3.18. The molecule has 1 saturated carbocycles. The van der Waals surface area contributed by atoms with Gasteiger partial charge in [0.2, 0.25) is 0 Å². The number of ether oxygens (including phenoxy) is 1. The van der Waals surface area contributed by atoms with Crippen molar-refractivity contribution in [1.82, 2.24) is 0 Å². The molecule has 1 aliphatic carbocycles. The summed E-state index contributed by atoms with van der Waals surface area (Å²) >= 11 is 0. The van der Waals surface area contributed by atoms with E-state index in [-0.39, 0.29) is 6.23 Å². The van der Waals surface area contributed by atoms with Gasteiger partial charge in [0.15, 0.2) is 6.23 Å². The molecule has 0 saturated heterocycles. The van der Waals surface area contributed by atoms with Crippen molar-refractivity contribution in [2.24, 2.45) is 11.7 Å². The first-order valence-electron chi connectivity index (χ1n) is 4.15. The first-order valence-corrected chi connectivity index (χ1v) is 4.15. The highest BCUT2D eigenvalue weighted by molar-refractivity contribution is 5.22. The highest BCUT2D eigenvalue weighted by atomic mass is 16.5. The monoisotopic (exact) mass is 151 g/mol. The van der Waals surface area contributed by atoms with Crippen LogP contribution in [-0.4, -0.2) is 6.23 Å². The predicted octanol–water partition coefficient (Wildman–Crippen LogP) is 1.54. The van der Waals surface area contributed by atoms with Gasteiger partial charge in [-0.05, 0) is 30.4 Å². The Hall–Kier alpha value is -0.760. The average molecular weight is 151 g/mol. The number of rotatable bonds is 1. The van der Waals surface area contributed by atoms with Crippen molar-refractivity contribution in [1.29, 1.82) is 0 Å². The van der Waals surface area contributed by atoms with Gasteiger partial charge in [-0.25, -0.2) is 0 Å². The van der Waals surface area contributed by atoms with Crippen LogP contribution in [0.4, 0.5) is 0 Å². The zero-order chi connectivity index (χ0) is 7.68. The second kappa shape index (κ2) is 2.70. The van der Waals surface area contributed by atoms with Crippen LogP contribution in [0.5, 0.6) is 0 Å². The molecule has 0 aromatic rings. The van der Waals surface area contributed by atoms with E-state index >= 15 is 0 Å². The van der Waals surface area contributed by atoms with Crippen molar-refractivity contribution >= 4 is 0 Å². The van der Waals surface area contributed by atoms with E-state index in [1.54, 1.807) is 6.26 Å². The van der Waals surface area contributed by atoms with Crippen LogP contribution in [-0.2, 0) is 4.74 Å². The maximum Gasteiger partial charge on any atom is 0.169 e. The molecule has 0 aromatic carbocycles. The summed E-state index contributed by atoms with van der Waals surface area (Å²) in [6, 6.07) is 0. The molecule has 2 aliphatic rings. The predicted molar refractivity (Wildman–Crippen MR) is 43.6 cm³/mol. The van der Waals surface area contributed by atoms with Crippen LogP contribution in [0.3, 0.4) is 0 Å². The molecule has 2 heteroatoms. The molecule has 0 radical (unpaired) electrons. The van der Waals surface area contributed by atoms with Gasteiger partial charge in [-0.15, -0.1) is 0 Å². The number of hydrogen-bond donors (Lipinski definition) is 1. The molecule has 0 aromatic heterocycles. The molecule has 0 spiro atoms. The summed E-state index contributed by atoms with van der Waals surface area (Å²) in [7, 11) is 0. The molecule has 0 bridgehead atoms. The Morgan fingerprint density at radius 3 is 2.82 bits per heavy atom. The van der Waals surface area contributed by atoms with Crippen LogP contribution < -0.4 is 5.73 Å². The van der Waals surface area contributed by atoms with Gasteiger partial charge in [0.1, 0.15) is 0 Å². The molecule has 1 fully saturated rings. The third kappa shape index (κ3) is 1.18. The van der Waals surface area contributed by atoms with Gasteiger partial charge in [-0.2, -0.15) is 0 Å². The zero-order valence-corrected chi connectivity index (χ0v) is 6.49. The third-order valence-corrected chi connectivity index (χ3v) is 2.50. The summed E-state index contributed by atoms with van der Waals surface area (Å²) in [5, 5.41) is 0. The van der Waals surface area contributed by atoms with Crippen molar-refractivity contribution in [3.05, 3.63) is 24.0 Å². The van der Waals surface area contributed by atoms with Crippen molar-refractivity contribution in [3.63, 3.8) is 0 Å². The van der Waals surface area contributed by atoms with Crippen LogP contribution in [0.1, 0.15) is 19.3 Å². The van der Waals surface area contributed by atoms with Crippen molar-refractivity contribution in [3.8, 4) is 0 Å². The maximum atomic E-state index is 5.75. The molecule has 60 valence electrons.